The molecular formula is C23H27NO. The van der Waals surface area contributed by atoms with Gasteiger partial charge in [0.2, 0.25) is 0 Å². The Kier molecular flexibility index (Phi) is 5.72. The number of rotatable bonds is 6. The zero-order valence-electron chi connectivity index (χ0n) is 15.2. The molecule has 0 bridgehead atoms. The molecule has 2 aromatic carbocycles. The smallest absolute Gasteiger partial charge is 0.127 e. The summed E-state index contributed by atoms with van der Waals surface area (Å²) in [6, 6.07) is 19.0. The number of ether oxygens (including phenoxy) is 1. The van der Waals surface area contributed by atoms with Gasteiger partial charge in [-0.15, -0.1) is 0 Å². The fourth-order valence-corrected chi connectivity index (χ4v) is 3.31. The van der Waals surface area contributed by atoms with E-state index in [4.69, 9.17) is 4.74 Å². The number of aryl methyl sites for hydroxylation is 1. The fourth-order valence-electron chi connectivity index (χ4n) is 3.31. The molecule has 2 nitrogen and oxygen atoms in total. The second-order valence-electron chi connectivity index (χ2n) is 6.92. The van der Waals surface area contributed by atoms with Gasteiger partial charge >= 0.3 is 0 Å². The van der Waals surface area contributed by atoms with Crippen LogP contribution in [0.1, 0.15) is 30.0 Å². The first kappa shape index (κ1) is 17.5. The van der Waals surface area contributed by atoms with Crippen molar-refractivity contribution in [2.24, 2.45) is 0 Å². The van der Waals surface area contributed by atoms with Gasteiger partial charge in [-0.1, -0.05) is 66.7 Å². The Labute approximate surface area is 151 Å². The lowest BCUT2D eigenvalue weighted by atomic mass is 10.1. The highest BCUT2D eigenvalue weighted by molar-refractivity contribution is 5.65. The largest absolute Gasteiger partial charge is 0.488 e. The van der Waals surface area contributed by atoms with E-state index >= 15 is 0 Å². The van der Waals surface area contributed by atoms with Gasteiger partial charge in [-0.2, -0.15) is 0 Å². The second-order valence-corrected chi connectivity index (χ2v) is 6.92. The lowest BCUT2D eigenvalue weighted by molar-refractivity contribution is 0.167. The Bertz CT molecular complexity index is 748. The van der Waals surface area contributed by atoms with E-state index in [0.29, 0.717) is 0 Å². The van der Waals surface area contributed by atoms with E-state index < -0.39 is 0 Å². The van der Waals surface area contributed by atoms with Crippen LogP contribution in [0.5, 0.6) is 0 Å². The maximum Gasteiger partial charge on any atom is 0.127 e. The molecular weight excluding hydrogens is 306 g/mol. The van der Waals surface area contributed by atoms with Crippen molar-refractivity contribution in [2.45, 2.75) is 32.9 Å². The maximum absolute atomic E-state index is 6.42. The molecule has 1 fully saturated rings. The van der Waals surface area contributed by atoms with E-state index in [9.17, 15) is 0 Å². The van der Waals surface area contributed by atoms with Crippen LogP contribution in [-0.2, 0) is 11.3 Å². The van der Waals surface area contributed by atoms with Gasteiger partial charge in [-0.25, -0.2) is 0 Å². The van der Waals surface area contributed by atoms with Gasteiger partial charge < -0.3 is 4.74 Å². The minimum atomic E-state index is 0.230. The Balaban J connectivity index is 1.67. The summed E-state index contributed by atoms with van der Waals surface area (Å²) in [5.41, 5.74) is 4.76. The zero-order chi connectivity index (χ0) is 17.6. The van der Waals surface area contributed by atoms with E-state index in [1.807, 2.05) is 6.92 Å². The molecule has 0 aliphatic carbocycles. The van der Waals surface area contributed by atoms with Crippen molar-refractivity contribution in [3.05, 3.63) is 89.5 Å². The van der Waals surface area contributed by atoms with Crippen molar-refractivity contribution < 1.29 is 4.74 Å². The van der Waals surface area contributed by atoms with Crippen LogP contribution in [0.4, 0.5) is 0 Å². The Hall–Kier alpha value is -2.32. The molecule has 2 aromatic rings. The van der Waals surface area contributed by atoms with E-state index in [1.165, 1.54) is 11.1 Å². The Morgan fingerprint density at radius 1 is 1.16 bits per heavy atom. The number of hydrogen-bond acceptors (Lipinski definition) is 2. The SMILES string of the molecule is C=C(C)/C=C(/OC1CCN(Cc2ccccc2)C1)c1ccccc1C. The van der Waals surface area contributed by atoms with Gasteiger partial charge in [-0.05, 0) is 37.5 Å². The molecule has 3 rings (SSSR count). The van der Waals surface area contributed by atoms with Crippen LogP contribution in [-0.4, -0.2) is 24.1 Å². The van der Waals surface area contributed by atoms with Gasteiger partial charge in [0.1, 0.15) is 11.9 Å². The van der Waals surface area contributed by atoms with E-state index in [2.05, 4.69) is 79.1 Å². The molecule has 130 valence electrons. The van der Waals surface area contributed by atoms with Crippen LogP contribution >= 0.6 is 0 Å². The number of likely N-dealkylation sites (tertiary alicyclic amines) is 1. The molecule has 0 spiro atoms. The second kappa shape index (κ2) is 8.17. The van der Waals surface area contributed by atoms with Gasteiger partial charge in [0, 0.05) is 25.2 Å². The molecule has 1 unspecified atom stereocenters. The zero-order valence-corrected chi connectivity index (χ0v) is 15.2. The van der Waals surface area contributed by atoms with Crippen molar-refractivity contribution in [1.29, 1.82) is 0 Å². The third-order valence-corrected chi connectivity index (χ3v) is 4.56. The number of hydrogen-bond donors (Lipinski definition) is 0. The van der Waals surface area contributed by atoms with Crippen LogP contribution in [0.3, 0.4) is 0 Å². The highest BCUT2D eigenvalue weighted by atomic mass is 16.5. The van der Waals surface area contributed by atoms with Gasteiger partial charge in [-0.3, -0.25) is 4.90 Å². The van der Waals surface area contributed by atoms with Crippen LogP contribution in [0.15, 0.2) is 72.8 Å². The first-order valence-corrected chi connectivity index (χ1v) is 8.98. The maximum atomic E-state index is 6.42. The van der Waals surface area contributed by atoms with E-state index in [1.54, 1.807) is 0 Å². The summed E-state index contributed by atoms with van der Waals surface area (Å²) in [5.74, 6) is 0.942. The lowest BCUT2D eigenvalue weighted by Crippen LogP contribution is -2.22. The Morgan fingerprint density at radius 3 is 2.60 bits per heavy atom. The summed E-state index contributed by atoms with van der Waals surface area (Å²) in [6.45, 7) is 11.2. The minimum Gasteiger partial charge on any atom is -0.488 e. The van der Waals surface area contributed by atoms with E-state index in [0.717, 1.165) is 43.0 Å². The predicted octanol–water partition coefficient (Wildman–Crippen LogP) is 5.20. The quantitative estimate of drug-likeness (QED) is 0.532. The number of allylic oxidation sites excluding steroid dienone is 2. The Morgan fingerprint density at radius 2 is 1.88 bits per heavy atom. The monoisotopic (exact) mass is 333 g/mol. The van der Waals surface area contributed by atoms with Crippen LogP contribution in [0, 0.1) is 6.92 Å². The minimum absolute atomic E-state index is 0.230. The average Bonchev–Trinajstić information content (AvgIpc) is 3.02. The molecule has 1 aliphatic heterocycles. The highest BCUT2D eigenvalue weighted by Crippen LogP contribution is 2.26. The fraction of sp³-hybridized carbons (Fsp3) is 0.304. The summed E-state index contributed by atoms with van der Waals surface area (Å²) in [5, 5.41) is 0. The van der Waals surface area contributed by atoms with Crippen molar-refractivity contribution in [3.8, 4) is 0 Å². The summed E-state index contributed by atoms with van der Waals surface area (Å²) in [4.78, 5) is 2.47. The normalized spacial score (nSPS) is 18.3. The summed E-state index contributed by atoms with van der Waals surface area (Å²) in [7, 11) is 0. The molecule has 1 saturated heterocycles. The third-order valence-electron chi connectivity index (χ3n) is 4.56. The molecule has 1 aliphatic rings. The topological polar surface area (TPSA) is 12.5 Å². The highest BCUT2D eigenvalue weighted by Gasteiger charge is 2.25. The van der Waals surface area contributed by atoms with Crippen molar-refractivity contribution in [2.75, 3.05) is 13.1 Å². The molecule has 0 aromatic heterocycles. The van der Waals surface area contributed by atoms with Crippen LogP contribution in [0.25, 0.3) is 5.76 Å². The molecule has 1 atom stereocenters. The summed E-state index contributed by atoms with van der Waals surface area (Å²) in [6.07, 6.45) is 3.35. The molecule has 2 heteroatoms. The predicted molar refractivity (Wildman–Crippen MR) is 105 cm³/mol. The summed E-state index contributed by atoms with van der Waals surface area (Å²) >= 11 is 0. The molecule has 0 saturated carbocycles. The average molecular weight is 333 g/mol. The van der Waals surface area contributed by atoms with E-state index in [-0.39, 0.29) is 6.10 Å². The third kappa shape index (κ3) is 4.83. The lowest BCUT2D eigenvalue weighted by Gasteiger charge is -2.20. The van der Waals surface area contributed by atoms with Crippen LogP contribution in [0.2, 0.25) is 0 Å². The number of nitrogens with zero attached hydrogens (tertiary/aromatic N) is 1. The van der Waals surface area contributed by atoms with Gasteiger partial charge in [0.15, 0.2) is 0 Å². The first-order valence-electron chi connectivity index (χ1n) is 8.98. The molecule has 0 N–H and O–H groups in total. The standard InChI is InChI=1S/C23H27NO/c1-18(2)15-23(22-12-8-7-9-19(22)3)25-21-13-14-24(17-21)16-20-10-5-4-6-11-20/h4-12,15,21H,1,13-14,16-17H2,2-3H3/b23-15+. The van der Waals surface area contributed by atoms with Gasteiger partial charge in [0.05, 0.1) is 0 Å². The molecule has 0 radical (unpaired) electrons. The van der Waals surface area contributed by atoms with Gasteiger partial charge in [0.25, 0.3) is 0 Å². The first-order chi connectivity index (χ1) is 12.1. The summed E-state index contributed by atoms with van der Waals surface area (Å²) < 4.78 is 6.42. The van der Waals surface area contributed by atoms with Crippen molar-refractivity contribution in [1.82, 2.24) is 4.90 Å². The molecule has 1 heterocycles. The number of benzene rings is 2. The van der Waals surface area contributed by atoms with Crippen molar-refractivity contribution >= 4 is 5.76 Å². The van der Waals surface area contributed by atoms with Crippen molar-refractivity contribution in [3.63, 3.8) is 0 Å². The van der Waals surface area contributed by atoms with Crippen LogP contribution < -0.4 is 0 Å². The molecule has 0 amide bonds. The molecule has 25 heavy (non-hydrogen) atoms.